The van der Waals surface area contributed by atoms with Crippen LogP contribution in [0.5, 0.6) is 0 Å². The van der Waals surface area contributed by atoms with E-state index in [9.17, 15) is 14.4 Å². The van der Waals surface area contributed by atoms with Gasteiger partial charge in [0.15, 0.2) is 5.78 Å². The lowest BCUT2D eigenvalue weighted by atomic mass is 10.00. The Labute approximate surface area is 138 Å². The topological polar surface area (TPSA) is 76.8 Å². The fourth-order valence-corrected chi connectivity index (χ4v) is 2.78. The Hall–Kier alpha value is -3.15. The zero-order valence-corrected chi connectivity index (χ0v) is 13.5. The Bertz CT molecular complexity index is 877. The molecule has 2 aromatic rings. The van der Waals surface area contributed by atoms with Crippen LogP contribution in [0.2, 0.25) is 0 Å². The molecule has 6 heteroatoms. The highest BCUT2D eigenvalue weighted by Crippen LogP contribution is 2.41. The Morgan fingerprint density at radius 2 is 1.88 bits per heavy atom. The van der Waals surface area contributed by atoms with E-state index in [-0.39, 0.29) is 11.4 Å². The third-order valence-electron chi connectivity index (χ3n) is 3.86. The average molecular weight is 325 g/mol. The molecule has 122 valence electrons. The van der Waals surface area contributed by atoms with E-state index >= 15 is 0 Å². The van der Waals surface area contributed by atoms with Gasteiger partial charge in [-0.3, -0.25) is 14.4 Å². The summed E-state index contributed by atoms with van der Waals surface area (Å²) in [5, 5.41) is 0. The second-order valence-electron chi connectivity index (χ2n) is 5.37. The van der Waals surface area contributed by atoms with Crippen LogP contribution in [0.4, 0.5) is 5.69 Å². The van der Waals surface area contributed by atoms with Crippen LogP contribution in [0, 0.1) is 0 Å². The molecule has 0 unspecified atom stereocenters. The van der Waals surface area contributed by atoms with E-state index in [1.807, 2.05) is 0 Å². The minimum atomic E-state index is -0.490. The van der Waals surface area contributed by atoms with Gasteiger partial charge in [0, 0.05) is 18.1 Å². The molecule has 6 nitrogen and oxygen atoms in total. The summed E-state index contributed by atoms with van der Waals surface area (Å²) in [4.78, 5) is 37.5. The molecule has 2 amide bonds. The number of benzene rings is 1. The van der Waals surface area contributed by atoms with Crippen LogP contribution in [0.3, 0.4) is 0 Å². The number of carbonyl (C=O) groups is 3. The highest BCUT2D eigenvalue weighted by molar-refractivity contribution is 6.43. The highest BCUT2D eigenvalue weighted by atomic mass is 16.5. The number of imide groups is 1. The van der Waals surface area contributed by atoms with Gasteiger partial charge in [-0.15, -0.1) is 0 Å². The number of carbonyl (C=O) groups excluding carboxylic acids is 3. The molecule has 0 saturated carbocycles. The number of anilines is 1. The first-order valence-corrected chi connectivity index (χ1v) is 7.27. The monoisotopic (exact) mass is 325 g/mol. The van der Waals surface area contributed by atoms with E-state index in [0.717, 1.165) is 4.90 Å². The maximum atomic E-state index is 12.8. The Morgan fingerprint density at radius 1 is 1.12 bits per heavy atom. The van der Waals surface area contributed by atoms with Gasteiger partial charge in [-0.25, -0.2) is 4.90 Å². The molecule has 24 heavy (non-hydrogen) atoms. The average Bonchev–Trinajstić information content (AvgIpc) is 3.15. The maximum Gasteiger partial charge on any atom is 0.269 e. The molecule has 0 radical (unpaired) electrons. The van der Waals surface area contributed by atoms with Crippen molar-refractivity contribution in [1.82, 2.24) is 0 Å². The summed E-state index contributed by atoms with van der Waals surface area (Å²) >= 11 is 0. The predicted molar refractivity (Wildman–Crippen MR) is 87.1 cm³/mol. The van der Waals surface area contributed by atoms with Crippen molar-refractivity contribution in [1.29, 1.82) is 0 Å². The molecule has 0 atom stereocenters. The van der Waals surface area contributed by atoms with E-state index < -0.39 is 11.8 Å². The van der Waals surface area contributed by atoms with Crippen LogP contribution in [-0.4, -0.2) is 24.7 Å². The van der Waals surface area contributed by atoms with Crippen molar-refractivity contribution >= 4 is 34.6 Å². The molecule has 0 N–H and O–H groups in total. The normalized spacial score (nSPS) is 15.3. The van der Waals surface area contributed by atoms with Crippen LogP contribution in [0.25, 0.3) is 11.3 Å². The summed E-state index contributed by atoms with van der Waals surface area (Å²) in [6.07, 6.45) is 2.91. The first-order valence-electron chi connectivity index (χ1n) is 7.27. The van der Waals surface area contributed by atoms with Gasteiger partial charge < -0.3 is 9.15 Å². The number of hydrogen-bond donors (Lipinski definition) is 0. The molecule has 2 heterocycles. The minimum absolute atomic E-state index is 0.131. The summed E-state index contributed by atoms with van der Waals surface area (Å²) in [6, 6.07) is 6.45. The minimum Gasteiger partial charge on any atom is -0.495 e. The lowest BCUT2D eigenvalue weighted by molar-refractivity contribution is -0.122. The molecule has 0 bridgehead atoms. The number of hydrogen-bond acceptors (Lipinski definition) is 5. The van der Waals surface area contributed by atoms with Crippen LogP contribution in [-0.2, 0) is 14.3 Å². The molecular formula is C18H15NO5. The lowest BCUT2D eigenvalue weighted by Gasteiger charge is -2.12. The lowest BCUT2D eigenvalue weighted by Crippen LogP contribution is -2.31. The SMILES string of the molecule is CO/C(=C1/C(=O)N(C(C)=O)c2ccc(C(C)=O)cc21)c1ccoc1. The number of methoxy groups -OCH3 is 1. The van der Waals surface area contributed by atoms with Crippen molar-refractivity contribution in [3.8, 4) is 0 Å². The number of furan rings is 1. The molecule has 0 saturated heterocycles. The molecule has 0 spiro atoms. The van der Waals surface area contributed by atoms with Crippen LogP contribution >= 0.6 is 0 Å². The number of fused-ring (bicyclic) bond motifs is 1. The van der Waals surface area contributed by atoms with Crippen molar-refractivity contribution < 1.29 is 23.5 Å². The fraction of sp³-hybridized carbons (Fsp3) is 0.167. The largest absolute Gasteiger partial charge is 0.495 e. The van der Waals surface area contributed by atoms with Crippen molar-refractivity contribution in [2.24, 2.45) is 0 Å². The van der Waals surface area contributed by atoms with Gasteiger partial charge in [0.05, 0.1) is 30.2 Å². The third kappa shape index (κ3) is 2.32. The Kier molecular flexibility index (Phi) is 3.81. The number of rotatable bonds is 3. The third-order valence-corrected chi connectivity index (χ3v) is 3.86. The second kappa shape index (κ2) is 5.81. The number of ketones is 1. The van der Waals surface area contributed by atoms with Gasteiger partial charge >= 0.3 is 0 Å². The number of ether oxygens (including phenoxy) is 1. The molecule has 1 aromatic heterocycles. The predicted octanol–water partition coefficient (Wildman–Crippen LogP) is 2.89. The molecule has 0 fully saturated rings. The summed E-state index contributed by atoms with van der Waals surface area (Å²) < 4.78 is 10.5. The molecule has 1 aliphatic heterocycles. The van der Waals surface area contributed by atoms with E-state index in [1.54, 1.807) is 24.3 Å². The number of Topliss-reactive ketones (excluding diaryl/α,β-unsaturated/α-hetero) is 1. The quantitative estimate of drug-likeness (QED) is 0.493. The van der Waals surface area contributed by atoms with Crippen LogP contribution in [0.15, 0.2) is 41.2 Å². The van der Waals surface area contributed by atoms with Crippen molar-refractivity contribution in [2.75, 3.05) is 12.0 Å². The molecule has 0 aliphatic carbocycles. The molecule has 1 aliphatic rings. The summed E-state index contributed by atoms with van der Waals surface area (Å²) in [5.41, 5.74) is 2.18. The van der Waals surface area contributed by atoms with Gasteiger partial charge in [-0.05, 0) is 31.2 Å². The second-order valence-corrected chi connectivity index (χ2v) is 5.37. The Balaban J connectivity index is 2.32. The van der Waals surface area contributed by atoms with Crippen LogP contribution < -0.4 is 4.90 Å². The summed E-state index contributed by atoms with van der Waals surface area (Å²) in [6.45, 7) is 2.76. The molecule has 3 rings (SSSR count). The van der Waals surface area contributed by atoms with E-state index in [2.05, 4.69) is 0 Å². The van der Waals surface area contributed by atoms with E-state index in [1.165, 1.54) is 33.5 Å². The summed E-state index contributed by atoms with van der Waals surface area (Å²) in [7, 11) is 1.44. The number of nitrogens with zero attached hydrogens (tertiary/aromatic N) is 1. The van der Waals surface area contributed by atoms with Gasteiger partial charge in [-0.1, -0.05) is 0 Å². The van der Waals surface area contributed by atoms with Gasteiger partial charge in [0.1, 0.15) is 12.0 Å². The first kappa shape index (κ1) is 15.7. The molecule has 1 aromatic carbocycles. The van der Waals surface area contributed by atoms with E-state index in [0.29, 0.717) is 28.1 Å². The van der Waals surface area contributed by atoms with Crippen molar-refractivity contribution in [3.05, 3.63) is 53.5 Å². The maximum absolute atomic E-state index is 12.8. The van der Waals surface area contributed by atoms with Gasteiger partial charge in [-0.2, -0.15) is 0 Å². The summed E-state index contributed by atoms with van der Waals surface area (Å²) in [5.74, 6) is -0.738. The molecular weight excluding hydrogens is 310 g/mol. The number of amides is 2. The van der Waals surface area contributed by atoms with Gasteiger partial charge in [0.2, 0.25) is 5.91 Å². The zero-order chi connectivity index (χ0) is 17.4. The van der Waals surface area contributed by atoms with Crippen molar-refractivity contribution in [3.63, 3.8) is 0 Å². The van der Waals surface area contributed by atoms with Gasteiger partial charge in [0.25, 0.3) is 5.91 Å². The smallest absolute Gasteiger partial charge is 0.269 e. The standard InChI is InChI=1S/C18H15NO5/c1-10(20)12-4-5-15-14(8-12)16(18(22)19(15)11(2)21)17(23-3)13-6-7-24-9-13/h4-9H,1-3H3/b17-16+. The highest BCUT2D eigenvalue weighted by Gasteiger charge is 2.38. The fourth-order valence-electron chi connectivity index (χ4n) is 2.78. The zero-order valence-electron chi connectivity index (χ0n) is 13.5. The Morgan fingerprint density at radius 3 is 2.42 bits per heavy atom. The first-order chi connectivity index (χ1) is 11.5. The van der Waals surface area contributed by atoms with Crippen molar-refractivity contribution in [2.45, 2.75) is 13.8 Å². The van der Waals surface area contributed by atoms with Crippen LogP contribution in [0.1, 0.15) is 35.3 Å². The van der Waals surface area contributed by atoms with E-state index in [4.69, 9.17) is 9.15 Å².